The lowest BCUT2D eigenvalue weighted by atomic mass is 10.4. The van der Waals surface area contributed by atoms with E-state index in [2.05, 4.69) is 20.3 Å². The second kappa shape index (κ2) is 1.60. The first-order valence-electron chi connectivity index (χ1n) is 2.51. The van der Waals surface area contributed by atoms with Crippen LogP contribution in [0.2, 0.25) is 0 Å². The molecule has 0 radical (unpaired) electrons. The Labute approximate surface area is 51.3 Å². The van der Waals surface area contributed by atoms with Crippen molar-refractivity contribution in [2.75, 3.05) is 5.48 Å². The minimum atomic E-state index is 0.484. The number of fused-ring (bicyclic) bond motifs is 1. The molecule has 1 N–H and O–H groups in total. The molecule has 2 rings (SSSR count). The van der Waals surface area contributed by atoms with Gasteiger partial charge in [-0.1, -0.05) is 4.99 Å². The van der Waals surface area contributed by atoms with Crippen LogP contribution in [0.25, 0.3) is 0 Å². The summed E-state index contributed by atoms with van der Waals surface area (Å²) >= 11 is 0. The van der Waals surface area contributed by atoms with E-state index < -0.39 is 0 Å². The fourth-order valence-electron chi connectivity index (χ4n) is 0.640. The average Bonchev–Trinajstić information content (AvgIpc) is 2.33. The predicted molar refractivity (Wildman–Crippen MR) is 29.6 cm³/mol. The van der Waals surface area contributed by atoms with Crippen molar-refractivity contribution >= 4 is 5.69 Å². The standard InChI is InChI=1S/C5H4N2O2/c1-2-4-5(6-3-1)8-9-7-4/h1-3,7H. The van der Waals surface area contributed by atoms with E-state index in [-0.39, 0.29) is 0 Å². The van der Waals surface area contributed by atoms with E-state index in [0.29, 0.717) is 5.88 Å². The SMILES string of the molecule is c1cnc2c(c1)NOO2. The first kappa shape index (κ1) is 4.58. The van der Waals surface area contributed by atoms with Gasteiger partial charge in [-0.2, -0.15) is 0 Å². The highest BCUT2D eigenvalue weighted by Gasteiger charge is 2.11. The fourth-order valence-corrected chi connectivity index (χ4v) is 0.640. The quantitative estimate of drug-likeness (QED) is 0.518. The van der Waals surface area contributed by atoms with E-state index in [1.165, 1.54) is 0 Å². The first-order valence-corrected chi connectivity index (χ1v) is 2.51. The van der Waals surface area contributed by atoms with Gasteiger partial charge >= 0.3 is 0 Å². The molecule has 9 heavy (non-hydrogen) atoms. The molecule has 0 aliphatic carbocycles. The Kier molecular flexibility index (Phi) is 0.811. The Bertz CT molecular complexity index is 203. The normalized spacial score (nSPS) is 13.8. The van der Waals surface area contributed by atoms with E-state index in [4.69, 9.17) is 0 Å². The zero-order valence-corrected chi connectivity index (χ0v) is 4.50. The van der Waals surface area contributed by atoms with E-state index in [9.17, 15) is 0 Å². The fraction of sp³-hybridized carbons (Fsp3) is 0. The molecule has 0 aromatic carbocycles. The second-order valence-corrected chi connectivity index (χ2v) is 1.62. The molecule has 0 saturated heterocycles. The Balaban J connectivity index is 2.54. The van der Waals surface area contributed by atoms with Crippen LogP contribution in [0.15, 0.2) is 18.3 Å². The van der Waals surface area contributed by atoms with Gasteiger partial charge in [0.1, 0.15) is 5.69 Å². The van der Waals surface area contributed by atoms with Crippen LogP contribution < -0.4 is 10.4 Å². The summed E-state index contributed by atoms with van der Waals surface area (Å²) in [5.41, 5.74) is 3.28. The molecule has 0 spiro atoms. The van der Waals surface area contributed by atoms with Gasteiger partial charge in [0, 0.05) is 6.20 Å². The van der Waals surface area contributed by atoms with Crippen LogP contribution >= 0.6 is 0 Å². The number of aromatic nitrogens is 1. The van der Waals surface area contributed by atoms with Crippen molar-refractivity contribution in [3.8, 4) is 5.88 Å². The van der Waals surface area contributed by atoms with Gasteiger partial charge in [-0.25, -0.2) is 10.5 Å². The van der Waals surface area contributed by atoms with Gasteiger partial charge in [-0.05, 0) is 12.1 Å². The number of hydrogen-bond acceptors (Lipinski definition) is 4. The van der Waals surface area contributed by atoms with Gasteiger partial charge in [0.15, 0.2) is 0 Å². The molecule has 0 unspecified atom stereocenters. The van der Waals surface area contributed by atoms with Gasteiger partial charge in [0.05, 0.1) is 0 Å². The smallest absolute Gasteiger partial charge is 0.284 e. The predicted octanol–water partition coefficient (Wildman–Crippen LogP) is 0.732. The molecule has 0 bridgehead atoms. The molecule has 0 atom stereocenters. The number of pyridine rings is 1. The summed E-state index contributed by atoms with van der Waals surface area (Å²) in [5.74, 6) is 0.484. The summed E-state index contributed by atoms with van der Waals surface area (Å²) in [6, 6.07) is 3.61. The molecule has 0 fully saturated rings. The molecule has 0 saturated carbocycles. The van der Waals surface area contributed by atoms with Crippen molar-refractivity contribution in [3.05, 3.63) is 18.3 Å². The summed E-state index contributed by atoms with van der Waals surface area (Å²) in [4.78, 5) is 12.8. The Morgan fingerprint density at radius 2 is 2.56 bits per heavy atom. The van der Waals surface area contributed by atoms with Crippen LogP contribution in [0.1, 0.15) is 0 Å². The highest BCUT2D eigenvalue weighted by Crippen LogP contribution is 2.24. The van der Waals surface area contributed by atoms with Gasteiger partial charge < -0.3 is 0 Å². The van der Waals surface area contributed by atoms with Crippen molar-refractivity contribution in [2.45, 2.75) is 0 Å². The maximum Gasteiger partial charge on any atom is 0.284 e. The summed E-state index contributed by atoms with van der Waals surface area (Å²) in [7, 11) is 0. The minimum Gasteiger partial charge on any atom is -0.291 e. The molecule has 1 aliphatic heterocycles. The topological polar surface area (TPSA) is 43.4 Å². The Morgan fingerprint density at radius 3 is 3.44 bits per heavy atom. The maximum atomic E-state index is 4.58. The monoisotopic (exact) mass is 124 g/mol. The van der Waals surface area contributed by atoms with Gasteiger partial charge in [-0.3, -0.25) is 4.89 Å². The van der Waals surface area contributed by atoms with Crippen molar-refractivity contribution in [2.24, 2.45) is 0 Å². The van der Waals surface area contributed by atoms with E-state index in [1.807, 2.05) is 6.07 Å². The van der Waals surface area contributed by atoms with Crippen molar-refractivity contribution in [1.82, 2.24) is 4.98 Å². The Morgan fingerprint density at radius 1 is 1.56 bits per heavy atom. The van der Waals surface area contributed by atoms with Crippen LogP contribution in [0.5, 0.6) is 5.88 Å². The average molecular weight is 124 g/mol. The van der Waals surface area contributed by atoms with Crippen LogP contribution in [0, 0.1) is 0 Å². The summed E-state index contributed by atoms with van der Waals surface area (Å²) in [6.45, 7) is 0. The Hall–Kier alpha value is -1.29. The van der Waals surface area contributed by atoms with Crippen LogP contribution in [-0.2, 0) is 4.99 Å². The maximum absolute atomic E-state index is 4.58. The highest BCUT2D eigenvalue weighted by atomic mass is 17.3. The molecule has 2 heterocycles. The molecule has 1 aliphatic rings. The molecule has 46 valence electrons. The third-order valence-corrected chi connectivity index (χ3v) is 1.04. The third kappa shape index (κ3) is 0.603. The van der Waals surface area contributed by atoms with E-state index in [0.717, 1.165) is 5.69 Å². The highest BCUT2D eigenvalue weighted by molar-refractivity contribution is 5.51. The van der Waals surface area contributed by atoms with Crippen molar-refractivity contribution < 1.29 is 9.88 Å². The number of nitrogens with one attached hydrogen (secondary N) is 1. The summed E-state index contributed by atoms with van der Waals surface area (Å²) in [6.07, 6.45) is 1.63. The number of anilines is 1. The van der Waals surface area contributed by atoms with Crippen LogP contribution in [0.3, 0.4) is 0 Å². The molecular weight excluding hydrogens is 120 g/mol. The molecular formula is C5H4N2O2. The lowest BCUT2D eigenvalue weighted by Crippen LogP contribution is -1.91. The second-order valence-electron chi connectivity index (χ2n) is 1.62. The summed E-state index contributed by atoms with van der Waals surface area (Å²) in [5, 5.41) is 0. The molecule has 0 amide bonds. The lowest BCUT2D eigenvalue weighted by Gasteiger charge is -1.85. The van der Waals surface area contributed by atoms with E-state index >= 15 is 0 Å². The van der Waals surface area contributed by atoms with Crippen molar-refractivity contribution in [1.29, 1.82) is 0 Å². The van der Waals surface area contributed by atoms with E-state index in [1.54, 1.807) is 12.3 Å². The third-order valence-electron chi connectivity index (χ3n) is 1.04. The molecule has 4 nitrogen and oxygen atoms in total. The number of rotatable bonds is 0. The summed E-state index contributed by atoms with van der Waals surface area (Å²) < 4.78 is 0. The molecule has 1 aromatic rings. The zero-order valence-electron chi connectivity index (χ0n) is 4.50. The van der Waals surface area contributed by atoms with Gasteiger partial charge in [0.2, 0.25) is 0 Å². The first-order chi connectivity index (χ1) is 4.47. The number of hydrogen-bond donors (Lipinski definition) is 1. The van der Waals surface area contributed by atoms with Crippen molar-refractivity contribution in [3.63, 3.8) is 0 Å². The zero-order chi connectivity index (χ0) is 6.10. The lowest BCUT2D eigenvalue weighted by molar-refractivity contribution is -0.163. The largest absolute Gasteiger partial charge is 0.291 e. The molecule has 1 aromatic heterocycles. The minimum absolute atomic E-state index is 0.484. The van der Waals surface area contributed by atoms with Gasteiger partial charge in [0.25, 0.3) is 5.88 Å². The molecule has 4 heteroatoms. The van der Waals surface area contributed by atoms with Crippen LogP contribution in [-0.4, -0.2) is 4.98 Å². The number of nitrogens with zero attached hydrogens (tertiary/aromatic N) is 1. The van der Waals surface area contributed by atoms with Gasteiger partial charge in [-0.15, -0.1) is 0 Å². The van der Waals surface area contributed by atoms with Crippen LogP contribution in [0.4, 0.5) is 5.69 Å².